The normalized spacial score (nSPS) is 17.8. The van der Waals surface area contributed by atoms with Crippen LogP contribution in [0.5, 0.6) is 0 Å². The molecule has 88 valence electrons. The topological polar surface area (TPSA) is 41.4 Å². The fourth-order valence-electron chi connectivity index (χ4n) is 1.98. The molecule has 1 aromatic heterocycles. The van der Waals surface area contributed by atoms with Crippen molar-refractivity contribution in [1.82, 2.24) is 19.6 Å². The first-order valence-corrected chi connectivity index (χ1v) is 5.71. The zero-order valence-corrected chi connectivity index (χ0v) is 9.89. The van der Waals surface area contributed by atoms with Gasteiger partial charge >= 0.3 is 0 Å². The second kappa shape index (κ2) is 4.65. The van der Waals surface area contributed by atoms with E-state index in [9.17, 15) is 4.79 Å². The Balaban J connectivity index is 1.96. The fraction of sp³-hybridized carbons (Fsp3) is 0.636. The van der Waals surface area contributed by atoms with Gasteiger partial charge in [-0.25, -0.2) is 0 Å². The van der Waals surface area contributed by atoms with Crippen molar-refractivity contribution in [2.24, 2.45) is 7.05 Å². The number of carbonyl (C=O) groups excluding carboxylic acids is 1. The van der Waals surface area contributed by atoms with E-state index < -0.39 is 0 Å². The van der Waals surface area contributed by atoms with Crippen LogP contribution < -0.4 is 0 Å². The van der Waals surface area contributed by atoms with Gasteiger partial charge in [0.15, 0.2) is 0 Å². The molecule has 1 fully saturated rings. The maximum atomic E-state index is 12.1. The number of amides is 1. The van der Waals surface area contributed by atoms with Gasteiger partial charge in [0, 0.05) is 39.4 Å². The monoisotopic (exact) mass is 222 g/mol. The van der Waals surface area contributed by atoms with Gasteiger partial charge in [0.05, 0.1) is 11.8 Å². The lowest BCUT2D eigenvalue weighted by molar-refractivity contribution is 0.0643. The highest BCUT2D eigenvalue weighted by Crippen LogP contribution is 2.07. The third kappa shape index (κ3) is 2.24. The molecule has 1 aromatic rings. The lowest BCUT2D eigenvalue weighted by Gasteiger charge is -2.33. The maximum absolute atomic E-state index is 12.1. The van der Waals surface area contributed by atoms with E-state index in [0.29, 0.717) is 5.56 Å². The second-order valence-corrected chi connectivity index (χ2v) is 4.13. The van der Waals surface area contributed by atoms with Crippen molar-refractivity contribution < 1.29 is 4.79 Å². The predicted octanol–water partition coefficient (Wildman–Crippen LogP) is 0.198. The number of hydrogen-bond acceptors (Lipinski definition) is 3. The number of piperazine rings is 1. The summed E-state index contributed by atoms with van der Waals surface area (Å²) in [5.74, 6) is 0.101. The van der Waals surface area contributed by atoms with Crippen molar-refractivity contribution in [2.45, 2.75) is 6.92 Å². The Labute approximate surface area is 95.6 Å². The van der Waals surface area contributed by atoms with Gasteiger partial charge in [0.2, 0.25) is 0 Å². The van der Waals surface area contributed by atoms with Crippen LogP contribution in [-0.4, -0.2) is 58.2 Å². The zero-order valence-electron chi connectivity index (χ0n) is 9.89. The number of aryl methyl sites for hydroxylation is 1. The Kier molecular flexibility index (Phi) is 3.24. The Hall–Kier alpha value is -1.36. The third-order valence-corrected chi connectivity index (χ3v) is 3.06. The summed E-state index contributed by atoms with van der Waals surface area (Å²) in [7, 11) is 1.83. The molecule has 1 amide bonds. The highest BCUT2D eigenvalue weighted by Gasteiger charge is 2.21. The third-order valence-electron chi connectivity index (χ3n) is 3.06. The molecule has 0 atom stereocenters. The molecule has 0 aliphatic carbocycles. The van der Waals surface area contributed by atoms with Gasteiger partial charge in [-0.1, -0.05) is 6.92 Å². The number of hydrogen-bond donors (Lipinski definition) is 0. The van der Waals surface area contributed by atoms with Crippen molar-refractivity contribution in [3.63, 3.8) is 0 Å². The first-order chi connectivity index (χ1) is 7.70. The molecule has 0 radical (unpaired) electrons. The number of rotatable bonds is 2. The van der Waals surface area contributed by atoms with E-state index in [1.165, 1.54) is 0 Å². The summed E-state index contributed by atoms with van der Waals surface area (Å²) in [6.45, 7) is 6.81. The van der Waals surface area contributed by atoms with Gasteiger partial charge < -0.3 is 9.80 Å². The highest BCUT2D eigenvalue weighted by atomic mass is 16.2. The molecular weight excluding hydrogens is 204 g/mol. The van der Waals surface area contributed by atoms with Gasteiger partial charge in [-0.2, -0.15) is 5.10 Å². The van der Waals surface area contributed by atoms with Crippen molar-refractivity contribution in [3.05, 3.63) is 18.0 Å². The van der Waals surface area contributed by atoms with Crippen LogP contribution in [0.3, 0.4) is 0 Å². The SMILES string of the molecule is CCN1CCN(C(=O)c2cnn(C)c2)CC1. The molecule has 2 heterocycles. The Morgan fingerprint density at radius 1 is 1.38 bits per heavy atom. The summed E-state index contributed by atoms with van der Waals surface area (Å²) in [5.41, 5.74) is 0.687. The number of nitrogens with zero attached hydrogens (tertiary/aromatic N) is 4. The minimum Gasteiger partial charge on any atom is -0.336 e. The van der Waals surface area contributed by atoms with Gasteiger partial charge in [0.1, 0.15) is 0 Å². The standard InChI is InChI=1S/C11H18N4O/c1-3-14-4-6-15(7-5-14)11(16)10-8-12-13(2)9-10/h8-9H,3-7H2,1-2H3. The lowest BCUT2D eigenvalue weighted by atomic mass is 10.2. The van der Waals surface area contributed by atoms with Gasteiger partial charge in [0.25, 0.3) is 5.91 Å². The average Bonchev–Trinajstić information content (AvgIpc) is 2.75. The van der Waals surface area contributed by atoms with Crippen molar-refractivity contribution >= 4 is 5.91 Å². The van der Waals surface area contributed by atoms with Crippen LogP contribution >= 0.6 is 0 Å². The summed E-state index contributed by atoms with van der Waals surface area (Å²) in [4.78, 5) is 16.3. The van der Waals surface area contributed by atoms with Crippen molar-refractivity contribution in [2.75, 3.05) is 32.7 Å². The summed E-state index contributed by atoms with van der Waals surface area (Å²) < 4.78 is 1.66. The molecule has 16 heavy (non-hydrogen) atoms. The van der Waals surface area contributed by atoms with Crippen LogP contribution in [-0.2, 0) is 7.05 Å². The van der Waals surface area contributed by atoms with Crippen molar-refractivity contribution in [3.8, 4) is 0 Å². The number of likely N-dealkylation sites (N-methyl/N-ethyl adjacent to an activating group) is 1. The molecule has 0 N–H and O–H groups in total. The maximum Gasteiger partial charge on any atom is 0.257 e. The van der Waals surface area contributed by atoms with Crippen LogP contribution in [0.15, 0.2) is 12.4 Å². The summed E-state index contributed by atoms with van der Waals surface area (Å²) in [5, 5.41) is 4.02. The lowest BCUT2D eigenvalue weighted by Crippen LogP contribution is -2.48. The summed E-state index contributed by atoms with van der Waals surface area (Å²) in [6, 6.07) is 0. The quantitative estimate of drug-likeness (QED) is 0.717. The highest BCUT2D eigenvalue weighted by molar-refractivity contribution is 5.93. The number of carbonyl (C=O) groups is 1. The summed E-state index contributed by atoms with van der Waals surface area (Å²) in [6.07, 6.45) is 3.41. The fourth-order valence-corrected chi connectivity index (χ4v) is 1.98. The van der Waals surface area contributed by atoms with Crippen LogP contribution in [0.25, 0.3) is 0 Å². The average molecular weight is 222 g/mol. The Morgan fingerprint density at radius 2 is 2.06 bits per heavy atom. The molecule has 2 rings (SSSR count). The van der Waals surface area contributed by atoms with Gasteiger partial charge in [-0.15, -0.1) is 0 Å². The predicted molar refractivity (Wildman–Crippen MR) is 61.2 cm³/mol. The molecule has 0 spiro atoms. The molecular formula is C11H18N4O. The van der Waals surface area contributed by atoms with Crippen LogP contribution in [0.4, 0.5) is 0 Å². The van der Waals surface area contributed by atoms with Gasteiger partial charge in [-0.05, 0) is 6.54 Å². The first-order valence-electron chi connectivity index (χ1n) is 5.71. The molecule has 0 bridgehead atoms. The summed E-state index contributed by atoms with van der Waals surface area (Å²) >= 11 is 0. The zero-order chi connectivity index (χ0) is 11.5. The molecule has 1 aliphatic rings. The molecule has 1 aliphatic heterocycles. The van der Waals surface area contributed by atoms with E-state index in [1.807, 2.05) is 11.9 Å². The van der Waals surface area contributed by atoms with E-state index in [4.69, 9.17) is 0 Å². The van der Waals surface area contributed by atoms with E-state index >= 15 is 0 Å². The molecule has 5 nitrogen and oxygen atoms in total. The van der Waals surface area contributed by atoms with Crippen LogP contribution in [0.2, 0.25) is 0 Å². The minimum atomic E-state index is 0.101. The van der Waals surface area contributed by atoms with E-state index in [-0.39, 0.29) is 5.91 Å². The Bertz CT molecular complexity index is 366. The van der Waals surface area contributed by atoms with Crippen LogP contribution in [0, 0.1) is 0 Å². The van der Waals surface area contributed by atoms with Gasteiger partial charge in [-0.3, -0.25) is 9.48 Å². The van der Waals surface area contributed by atoms with Crippen molar-refractivity contribution in [1.29, 1.82) is 0 Å². The first kappa shape index (κ1) is 11.1. The molecule has 5 heteroatoms. The smallest absolute Gasteiger partial charge is 0.257 e. The molecule has 0 aromatic carbocycles. The molecule has 0 saturated carbocycles. The van der Waals surface area contributed by atoms with E-state index in [0.717, 1.165) is 32.7 Å². The van der Waals surface area contributed by atoms with Crippen LogP contribution in [0.1, 0.15) is 17.3 Å². The molecule has 0 unspecified atom stereocenters. The van der Waals surface area contributed by atoms with E-state index in [2.05, 4.69) is 16.9 Å². The largest absolute Gasteiger partial charge is 0.336 e. The number of aromatic nitrogens is 2. The molecule has 1 saturated heterocycles. The van der Waals surface area contributed by atoms with E-state index in [1.54, 1.807) is 17.1 Å². The second-order valence-electron chi connectivity index (χ2n) is 4.13. The minimum absolute atomic E-state index is 0.101. The Morgan fingerprint density at radius 3 is 2.56 bits per heavy atom.